The number of benzene rings is 1. The van der Waals surface area contributed by atoms with E-state index in [9.17, 15) is 0 Å². The fourth-order valence-electron chi connectivity index (χ4n) is 3.56. The highest BCUT2D eigenvalue weighted by Gasteiger charge is 2.29. The van der Waals surface area contributed by atoms with Crippen molar-refractivity contribution in [3.63, 3.8) is 0 Å². The third-order valence-corrected chi connectivity index (χ3v) is 6.91. The van der Waals surface area contributed by atoms with E-state index in [2.05, 4.69) is 60.5 Å². The molecule has 0 bridgehead atoms. The molecule has 156 valence electrons. The maximum Gasteiger partial charge on any atom is 0.191 e. The van der Waals surface area contributed by atoms with E-state index < -0.39 is 0 Å². The minimum Gasteiger partial charge on any atom is -0.381 e. The van der Waals surface area contributed by atoms with E-state index in [1.165, 1.54) is 29.7 Å². The van der Waals surface area contributed by atoms with Gasteiger partial charge in [-0.15, -0.1) is 0 Å². The Morgan fingerprint density at radius 3 is 2.64 bits per heavy atom. The maximum absolute atomic E-state index is 6.00. The normalized spacial score (nSPS) is 23.7. The Morgan fingerprint density at radius 2 is 1.96 bits per heavy atom. The molecule has 0 radical (unpaired) electrons. The van der Waals surface area contributed by atoms with Crippen LogP contribution >= 0.6 is 11.8 Å². The number of guanidine groups is 1. The second kappa shape index (κ2) is 11.1. The molecular formula is C22H35N3O2S. The van der Waals surface area contributed by atoms with Crippen molar-refractivity contribution in [2.75, 3.05) is 32.1 Å². The van der Waals surface area contributed by atoms with Crippen LogP contribution in [0, 0.1) is 0 Å². The Balaban J connectivity index is 1.46. The Kier molecular flexibility index (Phi) is 8.49. The molecule has 2 saturated heterocycles. The third kappa shape index (κ3) is 6.98. The largest absolute Gasteiger partial charge is 0.381 e. The van der Waals surface area contributed by atoms with Crippen LogP contribution in [0.4, 0.5) is 0 Å². The molecular weight excluding hydrogens is 370 g/mol. The highest BCUT2D eigenvalue weighted by molar-refractivity contribution is 8.00. The van der Waals surface area contributed by atoms with E-state index in [1.54, 1.807) is 0 Å². The van der Waals surface area contributed by atoms with E-state index in [4.69, 9.17) is 14.5 Å². The summed E-state index contributed by atoms with van der Waals surface area (Å²) < 4.78 is 11.7. The van der Waals surface area contributed by atoms with E-state index in [0.717, 1.165) is 45.1 Å². The molecule has 1 aromatic rings. The summed E-state index contributed by atoms with van der Waals surface area (Å²) in [5, 5.41) is 6.89. The van der Waals surface area contributed by atoms with Crippen LogP contribution in [0.15, 0.2) is 29.3 Å². The topological polar surface area (TPSA) is 54.9 Å². The van der Waals surface area contributed by atoms with Gasteiger partial charge in [0.1, 0.15) is 0 Å². The summed E-state index contributed by atoms with van der Waals surface area (Å²) in [6.07, 6.45) is 4.95. The Morgan fingerprint density at radius 1 is 1.21 bits per heavy atom. The van der Waals surface area contributed by atoms with Crippen molar-refractivity contribution in [1.29, 1.82) is 0 Å². The standard InChI is InChI=1S/C22H35N3O2S/c1-3-23-21(25-17-22(2)11-4-14-28-22)24-15-18-5-7-19(8-6-18)16-27-20-9-12-26-13-10-20/h5-8,20H,3-4,9-17H2,1-2H3,(H2,23,24,25). The maximum atomic E-state index is 6.00. The zero-order chi connectivity index (χ0) is 19.7. The predicted octanol–water partition coefficient (Wildman–Crippen LogP) is 3.72. The fourth-order valence-corrected chi connectivity index (χ4v) is 4.80. The number of aliphatic imine (C=N–C) groups is 1. The molecule has 0 spiro atoms. The van der Waals surface area contributed by atoms with Gasteiger partial charge in [-0.2, -0.15) is 11.8 Å². The van der Waals surface area contributed by atoms with Crippen molar-refractivity contribution >= 4 is 17.7 Å². The number of hydrogen-bond donors (Lipinski definition) is 2. The van der Waals surface area contributed by atoms with Crippen molar-refractivity contribution in [3.8, 4) is 0 Å². The SMILES string of the molecule is CCNC(=NCc1ccc(COC2CCOCC2)cc1)NCC1(C)CCCS1. The molecule has 3 rings (SSSR count). The van der Waals surface area contributed by atoms with E-state index in [-0.39, 0.29) is 0 Å². The highest BCUT2D eigenvalue weighted by Crippen LogP contribution is 2.36. The van der Waals surface area contributed by atoms with Crippen LogP contribution in [-0.2, 0) is 22.6 Å². The van der Waals surface area contributed by atoms with Crippen LogP contribution in [0.2, 0.25) is 0 Å². The number of hydrogen-bond acceptors (Lipinski definition) is 4. The third-order valence-electron chi connectivity index (χ3n) is 5.37. The first-order valence-corrected chi connectivity index (χ1v) is 11.6. The average Bonchev–Trinajstić information content (AvgIpc) is 3.17. The number of ether oxygens (including phenoxy) is 2. The van der Waals surface area contributed by atoms with Gasteiger partial charge in [0.05, 0.1) is 19.3 Å². The number of thioether (sulfide) groups is 1. The molecule has 2 N–H and O–H groups in total. The molecule has 0 amide bonds. The molecule has 1 unspecified atom stereocenters. The summed E-state index contributed by atoms with van der Waals surface area (Å²) in [5.41, 5.74) is 2.43. The number of nitrogens with zero attached hydrogens (tertiary/aromatic N) is 1. The predicted molar refractivity (Wildman–Crippen MR) is 118 cm³/mol. The van der Waals surface area contributed by atoms with Gasteiger partial charge in [0.2, 0.25) is 0 Å². The first-order valence-electron chi connectivity index (χ1n) is 10.6. The van der Waals surface area contributed by atoms with Gasteiger partial charge >= 0.3 is 0 Å². The van der Waals surface area contributed by atoms with Gasteiger partial charge in [0, 0.05) is 31.1 Å². The van der Waals surface area contributed by atoms with Crippen LogP contribution in [0.5, 0.6) is 0 Å². The first-order chi connectivity index (χ1) is 13.7. The quantitative estimate of drug-likeness (QED) is 0.510. The molecule has 2 fully saturated rings. The Labute approximate surface area is 174 Å². The van der Waals surface area contributed by atoms with Crippen molar-refractivity contribution in [1.82, 2.24) is 10.6 Å². The molecule has 0 aromatic heterocycles. The summed E-state index contributed by atoms with van der Waals surface area (Å²) in [5.74, 6) is 2.18. The van der Waals surface area contributed by atoms with E-state index in [0.29, 0.717) is 24.0 Å². The van der Waals surface area contributed by atoms with Crippen molar-refractivity contribution in [3.05, 3.63) is 35.4 Å². The zero-order valence-electron chi connectivity index (χ0n) is 17.3. The lowest BCUT2D eigenvalue weighted by molar-refractivity contribution is -0.0390. The smallest absolute Gasteiger partial charge is 0.191 e. The molecule has 1 aromatic carbocycles. The van der Waals surface area contributed by atoms with Crippen molar-refractivity contribution in [2.24, 2.45) is 4.99 Å². The molecule has 1 atom stereocenters. The van der Waals surface area contributed by atoms with Crippen LogP contribution in [0.1, 0.15) is 50.7 Å². The van der Waals surface area contributed by atoms with Crippen molar-refractivity contribution in [2.45, 2.75) is 63.5 Å². The summed E-state index contributed by atoms with van der Waals surface area (Å²) in [6.45, 7) is 9.29. The van der Waals surface area contributed by atoms with Crippen LogP contribution < -0.4 is 10.6 Å². The molecule has 0 aliphatic carbocycles. The second-order valence-corrected chi connectivity index (χ2v) is 9.57. The van der Waals surface area contributed by atoms with E-state index in [1.807, 2.05) is 0 Å². The average molecular weight is 406 g/mol. The molecule has 2 aliphatic rings. The fraction of sp³-hybridized carbons (Fsp3) is 0.682. The molecule has 2 aliphatic heterocycles. The van der Waals surface area contributed by atoms with Crippen LogP contribution in [0.25, 0.3) is 0 Å². The van der Waals surface area contributed by atoms with Gasteiger partial charge in [0.25, 0.3) is 0 Å². The minimum atomic E-state index is 0.336. The lowest BCUT2D eigenvalue weighted by Crippen LogP contribution is -2.43. The first kappa shape index (κ1) is 21.5. The zero-order valence-corrected chi connectivity index (χ0v) is 18.2. The summed E-state index contributed by atoms with van der Waals surface area (Å²) >= 11 is 2.07. The van der Waals surface area contributed by atoms with Gasteiger partial charge < -0.3 is 20.1 Å². The molecule has 0 saturated carbocycles. The summed E-state index contributed by atoms with van der Waals surface area (Å²) in [7, 11) is 0. The van der Waals surface area contributed by atoms with E-state index >= 15 is 0 Å². The number of rotatable bonds is 8. The van der Waals surface area contributed by atoms with Gasteiger partial charge in [-0.25, -0.2) is 4.99 Å². The monoisotopic (exact) mass is 405 g/mol. The van der Waals surface area contributed by atoms with Gasteiger partial charge in [-0.05, 0) is 56.4 Å². The van der Waals surface area contributed by atoms with Crippen LogP contribution in [-0.4, -0.2) is 48.9 Å². The summed E-state index contributed by atoms with van der Waals surface area (Å²) in [6, 6.07) is 8.62. The molecule has 2 heterocycles. The second-order valence-electron chi connectivity index (χ2n) is 7.89. The number of nitrogens with one attached hydrogen (secondary N) is 2. The lowest BCUT2D eigenvalue weighted by Gasteiger charge is -2.24. The molecule has 6 heteroatoms. The minimum absolute atomic E-state index is 0.336. The van der Waals surface area contributed by atoms with Gasteiger partial charge in [0.15, 0.2) is 5.96 Å². The Bertz CT molecular complexity index is 609. The van der Waals surface area contributed by atoms with Gasteiger partial charge in [-0.3, -0.25) is 0 Å². The van der Waals surface area contributed by atoms with Crippen LogP contribution in [0.3, 0.4) is 0 Å². The highest BCUT2D eigenvalue weighted by atomic mass is 32.2. The van der Waals surface area contributed by atoms with Gasteiger partial charge in [-0.1, -0.05) is 24.3 Å². The summed E-state index contributed by atoms with van der Waals surface area (Å²) in [4.78, 5) is 4.76. The Hall–Kier alpha value is -1.24. The lowest BCUT2D eigenvalue weighted by atomic mass is 10.1. The molecule has 5 nitrogen and oxygen atoms in total. The van der Waals surface area contributed by atoms with Crippen molar-refractivity contribution < 1.29 is 9.47 Å². The molecule has 28 heavy (non-hydrogen) atoms.